The number of aromatic nitrogens is 2. The van der Waals surface area contributed by atoms with E-state index in [1.54, 1.807) is 12.5 Å². The average molecular weight is 382 g/mol. The molecule has 3 aromatic heterocycles. The molecule has 1 amide bonds. The SMILES string of the molecule is Cc1nc(-c2ccccn2)sc1C(=O)NCC(c1ccco1)N1CCCC1. The quantitative estimate of drug-likeness (QED) is 0.704. The van der Waals surface area contributed by atoms with Gasteiger partial charge in [-0.15, -0.1) is 11.3 Å². The molecule has 1 aliphatic heterocycles. The van der Waals surface area contributed by atoms with Crippen LogP contribution in [0.3, 0.4) is 0 Å². The highest BCUT2D eigenvalue weighted by atomic mass is 32.1. The van der Waals surface area contributed by atoms with Gasteiger partial charge in [-0.3, -0.25) is 14.7 Å². The lowest BCUT2D eigenvalue weighted by atomic mass is 10.2. The molecule has 0 aliphatic carbocycles. The fraction of sp³-hybridized carbons (Fsp3) is 0.350. The van der Waals surface area contributed by atoms with Gasteiger partial charge in [0.1, 0.15) is 15.6 Å². The summed E-state index contributed by atoms with van der Waals surface area (Å²) in [6.07, 6.45) is 5.79. The summed E-state index contributed by atoms with van der Waals surface area (Å²) in [5.41, 5.74) is 1.52. The Morgan fingerprint density at radius 3 is 2.85 bits per heavy atom. The topological polar surface area (TPSA) is 71.3 Å². The number of carbonyl (C=O) groups is 1. The minimum absolute atomic E-state index is 0.0648. The lowest BCUT2D eigenvalue weighted by molar-refractivity contribution is 0.0937. The van der Waals surface area contributed by atoms with Crippen molar-refractivity contribution in [1.29, 1.82) is 0 Å². The number of hydrogen-bond acceptors (Lipinski definition) is 6. The highest BCUT2D eigenvalue weighted by molar-refractivity contribution is 7.17. The van der Waals surface area contributed by atoms with Gasteiger partial charge in [0.2, 0.25) is 0 Å². The summed E-state index contributed by atoms with van der Waals surface area (Å²) >= 11 is 1.38. The van der Waals surface area contributed by atoms with E-state index in [0.717, 1.165) is 35.2 Å². The largest absolute Gasteiger partial charge is 0.468 e. The number of nitrogens with one attached hydrogen (secondary N) is 1. The van der Waals surface area contributed by atoms with Gasteiger partial charge in [-0.2, -0.15) is 0 Å². The first-order valence-corrected chi connectivity index (χ1v) is 9.98. The van der Waals surface area contributed by atoms with E-state index in [9.17, 15) is 4.79 Å². The third kappa shape index (κ3) is 3.94. The van der Waals surface area contributed by atoms with Crippen molar-refractivity contribution in [2.75, 3.05) is 19.6 Å². The van der Waals surface area contributed by atoms with E-state index in [4.69, 9.17) is 4.42 Å². The van der Waals surface area contributed by atoms with E-state index >= 15 is 0 Å². The molecule has 0 radical (unpaired) electrons. The van der Waals surface area contributed by atoms with Crippen molar-refractivity contribution in [2.45, 2.75) is 25.8 Å². The van der Waals surface area contributed by atoms with Crippen molar-refractivity contribution < 1.29 is 9.21 Å². The Bertz CT molecular complexity index is 886. The predicted octanol–water partition coefficient (Wildman–Crippen LogP) is 3.67. The average Bonchev–Trinajstić information content (AvgIpc) is 3.45. The molecule has 0 spiro atoms. The van der Waals surface area contributed by atoms with E-state index < -0.39 is 0 Å². The minimum Gasteiger partial charge on any atom is -0.468 e. The molecule has 1 unspecified atom stereocenters. The molecule has 7 heteroatoms. The fourth-order valence-electron chi connectivity index (χ4n) is 3.42. The molecular weight excluding hydrogens is 360 g/mol. The van der Waals surface area contributed by atoms with Crippen molar-refractivity contribution in [3.05, 3.63) is 59.1 Å². The summed E-state index contributed by atoms with van der Waals surface area (Å²) in [6.45, 7) is 4.44. The van der Waals surface area contributed by atoms with Gasteiger partial charge in [0.25, 0.3) is 5.91 Å². The number of aryl methyl sites for hydroxylation is 1. The smallest absolute Gasteiger partial charge is 0.263 e. The van der Waals surface area contributed by atoms with Crippen molar-refractivity contribution in [3.63, 3.8) is 0 Å². The predicted molar refractivity (Wildman–Crippen MR) is 105 cm³/mol. The first-order valence-electron chi connectivity index (χ1n) is 9.17. The van der Waals surface area contributed by atoms with E-state index in [1.807, 2.05) is 37.3 Å². The van der Waals surface area contributed by atoms with Gasteiger partial charge in [-0.25, -0.2) is 4.98 Å². The second kappa shape index (κ2) is 8.02. The Morgan fingerprint density at radius 1 is 1.30 bits per heavy atom. The molecular formula is C20H22N4O2S. The van der Waals surface area contributed by atoms with Gasteiger partial charge in [-0.05, 0) is 57.1 Å². The van der Waals surface area contributed by atoms with Gasteiger partial charge >= 0.3 is 0 Å². The van der Waals surface area contributed by atoms with Crippen molar-refractivity contribution >= 4 is 17.2 Å². The van der Waals surface area contributed by atoms with Crippen LogP contribution in [0.15, 0.2) is 47.2 Å². The summed E-state index contributed by atoms with van der Waals surface area (Å²) in [4.78, 5) is 24.6. The monoisotopic (exact) mass is 382 g/mol. The van der Waals surface area contributed by atoms with Crippen LogP contribution in [0.25, 0.3) is 10.7 Å². The summed E-state index contributed by atoms with van der Waals surface area (Å²) in [6, 6.07) is 9.63. The standard InChI is InChI=1S/C20H22N4O2S/c1-14-18(27-20(23-14)15-7-2-3-9-21-15)19(25)22-13-16(17-8-6-12-26-17)24-10-4-5-11-24/h2-3,6-9,12,16H,4-5,10-11,13H2,1H3,(H,22,25). The van der Waals surface area contributed by atoms with Crippen LogP contribution < -0.4 is 5.32 Å². The normalized spacial score (nSPS) is 15.7. The number of carbonyl (C=O) groups excluding carboxylic acids is 1. The molecule has 1 aliphatic rings. The maximum Gasteiger partial charge on any atom is 0.263 e. The zero-order valence-corrected chi connectivity index (χ0v) is 16.0. The molecule has 4 rings (SSSR count). The van der Waals surface area contributed by atoms with E-state index in [-0.39, 0.29) is 11.9 Å². The van der Waals surface area contributed by atoms with Crippen molar-refractivity contribution in [2.24, 2.45) is 0 Å². The van der Waals surface area contributed by atoms with Gasteiger partial charge in [0, 0.05) is 12.7 Å². The molecule has 0 bridgehead atoms. The van der Waals surface area contributed by atoms with E-state index in [1.165, 1.54) is 24.2 Å². The lowest BCUT2D eigenvalue weighted by Gasteiger charge is -2.25. The molecule has 1 fully saturated rings. The molecule has 1 saturated heterocycles. The Hall–Kier alpha value is -2.51. The Balaban J connectivity index is 1.48. The van der Waals surface area contributed by atoms with Gasteiger partial charge in [0.15, 0.2) is 0 Å². The van der Waals surface area contributed by atoms with Crippen LogP contribution in [-0.4, -0.2) is 40.4 Å². The zero-order valence-electron chi connectivity index (χ0n) is 15.2. The molecule has 4 heterocycles. The third-order valence-electron chi connectivity index (χ3n) is 4.80. The van der Waals surface area contributed by atoms with E-state index in [2.05, 4.69) is 20.2 Å². The number of rotatable bonds is 6. The zero-order chi connectivity index (χ0) is 18.6. The number of nitrogens with zero attached hydrogens (tertiary/aromatic N) is 3. The van der Waals surface area contributed by atoms with Crippen LogP contribution in [0.2, 0.25) is 0 Å². The van der Waals surface area contributed by atoms with Crippen molar-refractivity contribution in [3.8, 4) is 10.7 Å². The lowest BCUT2D eigenvalue weighted by Crippen LogP contribution is -2.36. The van der Waals surface area contributed by atoms with Crippen LogP contribution in [0.5, 0.6) is 0 Å². The maximum absolute atomic E-state index is 12.8. The molecule has 1 atom stereocenters. The highest BCUT2D eigenvalue weighted by Gasteiger charge is 2.26. The molecule has 6 nitrogen and oxygen atoms in total. The molecule has 140 valence electrons. The van der Waals surface area contributed by atoms with E-state index in [0.29, 0.717) is 11.4 Å². The molecule has 1 N–H and O–H groups in total. The number of thiazole rings is 1. The summed E-state index contributed by atoms with van der Waals surface area (Å²) in [7, 11) is 0. The minimum atomic E-state index is -0.0945. The Morgan fingerprint density at radius 2 is 2.15 bits per heavy atom. The number of pyridine rings is 1. The van der Waals surface area contributed by atoms with Crippen LogP contribution in [0.1, 0.15) is 40.0 Å². The molecule has 0 saturated carbocycles. The van der Waals surface area contributed by atoms with Crippen LogP contribution in [0, 0.1) is 6.92 Å². The van der Waals surface area contributed by atoms with Crippen LogP contribution in [0.4, 0.5) is 0 Å². The Kier molecular flexibility index (Phi) is 5.31. The van der Waals surface area contributed by atoms with Crippen LogP contribution >= 0.6 is 11.3 Å². The molecule has 0 aromatic carbocycles. The Labute approximate surface area is 162 Å². The van der Waals surface area contributed by atoms with Gasteiger partial charge < -0.3 is 9.73 Å². The summed E-state index contributed by atoms with van der Waals surface area (Å²) in [5, 5.41) is 3.84. The van der Waals surface area contributed by atoms with Gasteiger partial charge in [-0.1, -0.05) is 6.07 Å². The molecule has 27 heavy (non-hydrogen) atoms. The summed E-state index contributed by atoms with van der Waals surface area (Å²) < 4.78 is 5.62. The maximum atomic E-state index is 12.8. The number of amides is 1. The highest BCUT2D eigenvalue weighted by Crippen LogP contribution is 2.28. The fourth-order valence-corrected chi connectivity index (χ4v) is 4.38. The number of furan rings is 1. The molecule has 3 aromatic rings. The van der Waals surface area contributed by atoms with Gasteiger partial charge in [0.05, 0.1) is 23.7 Å². The second-order valence-electron chi connectivity index (χ2n) is 6.63. The first kappa shape index (κ1) is 17.9. The van der Waals surface area contributed by atoms with Crippen molar-refractivity contribution in [1.82, 2.24) is 20.2 Å². The number of hydrogen-bond donors (Lipinski definition) is 1. The van der Waals surface area contributed by atoms with Crippen LogP contribution in [-0.2, 0) is 0 Å². The second-order valence-corrected chi connectivity index (χ2v) is 7.63. The number of likely N-dealkylation sites (tertiary alicyclic amines) is 1. The summed E-state index contributed by atoms with van der Waals surface area (Å²) in [5.74, 6) is 0.801. The third-order valence-corrected chi connectivity index (χ3v) is 5.97. The first-order chi connectivity index (χ1) is 13.2.